The summed E-state index contributed by atoms with van der Waals surface area (Å²) in [6.45, 7) is 5.41. The fraction of sp³-hybridized carbons (Fsp3) is 0.467. The average molecular weight is 436 g/mol. The van der Waals surface area contributed by atoms with Crippen LogP contribution in [0.3, 0.4) is 0 Å². The van der Waals surface area contributed by atoms with Crippen LogP contribution in [0.15, 0.2) is 26.7 Å². The maximum Gasteiger partial charge on any atom is 0.250 e. The number of guanidine groups is 1. The highest BCUT2D eigenvalue weighted by molar-refractivity contribution is 7.91. The summed E-state index contributed by atoms with van der Waals surface area (Å²) in [5.74, 6) is 0.994. The highest BCUT2D eigenvalue weighted by Gasteiger charge is 2.15. The summed E-state index contributed by atoms with van der Waals surface area (Å²) in [7, 11) is -1.87. The molecule has 0 amide bonds. The van der Waals surface area contributed by atoms with Crippen LogP contribution in [-0.2, 0) is 16.6 Å². The number of nitrogens with zero attached hydrogens (tertiary/aromatic N) is 2. The highest BCUT2D eigenvalue weighted by atomic mass is 35.5. The van der Waals surface area contributed by atoms with Gasteiger partial charge in [-0.1, -0.05) is 25.4 Å². The molecule has 0 spiro atoms. The molecule has 2 heterocycles. The Labute approximate surface area is 167 Å². The third-order valence-corrected chi connectivity index (χ3v) is 7.37. The van der Waals surface area contributed by atoms with Gasteiger partial charge in [0.1, 0.15) is 9.22 Å². The fourth-order valence-electron chi connectivity index (χ4n) is 1.93. The average Bonchev–Trinajstić information content (AvgIpc) is 3.23. The smallest absolute Gasteiger partial charge is 0.250 e. The van der Waals surface area contributed by atoms with E-state index in [-0.39, 0.29) is 10.8 Å². The molecule has 0 atom stereocenters. The number of hydrogen-bond donors (Lipinski definition) is 3. The molecule has 0 radical (unpaired) electrons. The van der Waals surface area contributed by atoms with Gasteiger partial charge < -0.3 is 10.6 Å². The van der Waals surface area contributed by atoms with Gasteiger partial charge in [0.25, 0.3) is 0 Å². The van der Waals surface area contributed by atoms with E-state index < -0.39 is 10.0 Å². The fourth-order valence-corrected chi connectivity index (χ4v) is 5.39. The molecule has 0 saturated carbocycles. The quantitative estimate of drug-likeness (QED) is 0.336. The third kappa shape index (κ3) is 6.20. The van der Waals surface area contributed by atoms with Crippen LogP contribution in [0, 0.1) is 0 Å². The summed E-state index contributed by atoms with van der Waals surface area (Å²) < 4.78 is 27.3. The van der Waals surface area contributed by atoms with Crippen LogP contribution in [0.5, 0.6) is 0 Å². The van der Waals surface area contributed by atoms with Crippen molar-refractivity contribution in [3.63, 3.8) is 0 Å². The summed E-state index contributed by atoms with van der Waals surface area (Å²) >= 11 is 8.41. The number of sulfonamides is 1. The van der Waals surface area contributed by atoms with Crippen LogP contribution in [0.25, 0.3) is 0 Å². The predicted molar refractivity (Wildman–Crippen MR) is 109 cm³/mol. The van der Waals surface area contributed by atoms with Crippen molar-refractivity contribution in [2.75, 3.05) is 20.1 Å². The van der Waals surface area contributed by atoms with Gasteiger partial charge in [0.2, 0.25) is 10.0 Å². The van der Waals surface area contributed by atoms with Crippen molar-refractivity contribution in [2.45, 2.75) is 30.5 Å². The molecule has 2 rings (SSSR count). The van der Waals surface area contributed by atoms with E-state index in [0.29, 0.717) is 29.3 Å². The first kappa shape index (κ1) is 21.1. The van der Waals surface area contributed by atoms with Gasteiger partial charge in [-0.3, -0.25) is 4.99 Å². The minimum absolute atomic E-state index is 0.203. The summed E-state index contributed by atoms with van der Waals surface area (Å²) in [5.41, 5.74) is 1.08. The van der Waals surface area contributed by atoms with Gasteiger partial charge >= 0.3 is 0 Å². The first-order chi connectivity index (χ1) is 12.3. The van der Waals surface area contributed by atoms with Gasteiger partial charge in [0.05, 0.1) is 16.6 Å². The molecular formula is C15H22ClN5O2S3. The normalized spacial score (nSPS) is 12.6. The second-order valence-electron chi connectivity index (χ2n) is 5.63. The van der Waals surface area contributed by atoms with Crippen LogP contribution in [0.4, 0.5) is 0 Å². The number of aromatic nitrogens is 1. The molecule has 26 heavy (non-hydrogen) atoms. The van der Waals surface area contributed by atoms with Gasteiger partial charge in [-0.25, -0.2) is 18.1 Å². The van der Waals surface area contributed by atoms with E-state index in [1.54, 1.807) is 24.5 Å². The molecule has 0 unspecified atom stereocenters. The molecule has 2 aromatic heterocycles. The molecule has 144 valence electrons. The summed E-state index contributed by atoms with van der Waals surface area (Å²) in [6.07, 6.45) is 0. The summed E-state index contributed by atoms with van der Waals surface area (Å²) in [4.78, 5) is 8.67. The predicted octanol–water partition coefficient (Wildman–Crippen LogP) is 2.62. The molecule has 0 aromatic carbocycles. The first-order valence-corrected chi connectivity index (χ1v) is 11.5. The molecule has 2 aromatic rings. The van der Waals surface area contributed by atoms with Crippen molar-refractivity contribution in [2.24, 2.45) is 4.99 Å². The minimum Gasteiger partial charge on any atom is -0.355 e. The second-order valence-corrected chi connectivity index (χ2v) is 10.3. The standard InChI is InChI=1S/C15H22ClN5O2S3/c1-10(2)11-9-24-13(21-11)8-19-15(17-3)18-6-7-20-26(22,23)14-5-4-12(16)25-14/h4-5,9-10,20H,6-8H2,1-3H3,(H2,17,18,19). The second kappa shape index (κ2) is 9.65. The number of halogens is 1. The molecule has 11 heteroatoms. The Morgan fingerprint density at radius 3 is 2.65 bits per heavy atom. The largest absolute Gasteiger partial charge is 0.355 e. The Balaban J connectivity index is 1.75. The van der Waals surface area contributed by atoms with Crippen LogP contribution < -0.4 is 15.4 Å². The SMILES string of the molecule is CN=C(NCCNS(=O)(=O)c1ccc(Cl)s1)NCc1nc(C(C)C)cs1. The van der Waals surface area contributed by atoms with Crippen molar-refractivity contribution in [3.05, 3.63) is 32.6 Å². The maximum atomic E-state index is 12.1. The molecular weight excluding hydrogens is 414 g/mol. The van der Waals surface area contributed by atoms with E-state index in [0.717, 1.165) is 22.0 Å². The van der Waals surface area contributed by atoms with E-state index in [1.807, 2.05) is 0 Å². The molecule has 3 N–H and O–H groups in total. The molecule has 0 aliphatic heterocycles. The van der Waals surface area contributed by atoms with Crippen molar-refractivity contribution in [1.82, 2.24) is 20.3 Å². The third-order valence-electron chi connectivity index (χ3n) is 3.31. The van der Waals surface area contributed by atoms with Crippen molar-refractivity contribution in [1.29, 1.82) is 0 Å². The van der Waals surface area contributed by atoms with Crippen molar-refractivity contribution >= 4 is 50.3 Å². The number of thiophene rings is 1. The van der Waals surface area contributed by atoms with Crippen molar-refractivity contribution < 1.29 is 8.42 Å². The van der Waals surface area contributed by atoms with E-state index >= 15 is 0 Å². The Hall–Kier alpha value is -1.20. The van der Waals surface area contributed by atoms with Gasteiger partial charge in [0, 0.05) is 25.5 Å². The van der Waals surface area contributed by atoms with E-state index in [4.69, 9.17) is 11.6 Å². The molecule has 0 bridgehead atoms. The van der Waals surface area contributed by atoms with Gasteiger partial charge in [-0.2, -0.15) is 0 Å². The van der Waals surface area contributed by atoms with Crippen LogP contribution in [-0.4, -0.2) is 39.5 Å². The zero-order chi connectivity index (χ0) is 19.2. The zero-order valence-corrected chi connectivity index (χ0v) is 17.9. The van der Waals surface area contributed by atoms with Gasteiger partial charge in [0.15, 0.2) is 5.96 Å². The Bertz CT molecular complexity index is 845. The van der Waals surface area contributed by atoms with Crippen molar-refractivity contribution in [3.8, 4) is 0 Å². The van der Waals surface area contributed by atoms with Gasteiger partial charge in [-0.05, 0) is 18.1 Å². The van der Waals surface area contributed by atoms with E-state index in [1.165, 1.54) is 6.07 Å². The lowest BCUT2D eigenvalue weighted by Crippen LogP contribution is -2.41. The maximum absolute atomic E-state index is 12.1. The topological polar surface area (TPSA) is 95.5 Å². The monoisotopic (exact) mass is 435 g/mol. The van der Waals surface area contributed by atoms with Crippen LogP contribution in [0.1, 0.15) is 30.5 Å². The lowest BCUT2D eigenvalue weighted by atomic mass is 10.2. The lowest BCUT2D eigenvalue weighted by molar-refractivity contribution is 0.582. The van der Waals surface area contributed by atoms with Gasteiger partial charge in [-0.15, -0.1) is 22.7 Å². The number of rotatable bonds is 8. The number of hydrogen-bond acceptors (Lipinski definition) is 6. The van der Waals surface area contributed by atoms with Crippen LogP contribution in [0.2, 0.25) is 4.34 Å². The number of aliphatic imine (C=N–C) groups is 1. The first-order valence-electron chi connectivity index (χ1n) is 7.95. The Morgan fingerprint density at radius 2 is 2.08 bits per heavy atom. The zero-order valence-electron chi connectivity index (χ0n) is 14.7. The van der Waals surface area contributed by atoms with Crippen LogP contribution >= 0.6 is 34.3 Å². The molecule has 0 saturated heterocycles. The Kier molecular flexibility index (Phi) is 7.84. The molecule has 7 nitrogen and oxygen atoms in total. The molecule has 0 aliphatic rings. The number of nitrogens with one attached hydrogen (secondary N) is 3. The van der Waals surface area contributed by atoms with E-state index in [2.05, 4.69) is 44.6 Å². The summed E-state index contributed by atoms with van der Waals surface area (Å²) in [5, 5.41) is 9.27. The molecule has 0 fully saturated rings. The lowest BCUT2D eigenvalue weighted by Gasteiger charge is -2.11. The minimum atomic E-state index is -3.53. The van der Waals surface area contributed by atoms with E-state index in [9.17, 15) is 8.42 Å². The molecule has 0 aliphatic carbocycles. The highest BCUT2D eigenvalue weighted by Crippen LogP contribution is 2.25. The Morgan fingerprint density at radius 1 is 1.31 bits per heavy atom. The number of thiazole rings is 1. The summed E-state index contributed by atoms with van der Waals surface area (Å²) in [6, 6.07) is 3.05.